The molecule has 1 aromatic rings. The Bertz CT molecular complexity index is 680. The average molecular weight is 393 g/mol. The Balaban J connectivity index is 1.44. The molecule has 27 heavy (non-hydrogen) atoms. The summed E-state index contributed by atoms with van der Waals surface area (Å²) >= 11 is 1.63. The molecule has 2 saturated heterocycles. The van der Waals surface area contributed by atoms with E-state index < -0.39 is 5.60 Å². The molecule has 0 aromatic carbocycles. The molecule has 3 fully saturated rings. The van der Waals surface area contributed by atoms with Crippen molar-refractivity contribution in [3.63, 3.8) is 0 Å². The van der Waals surface area contributed by atoms with Crippen LogP contribution >= 0.6 is 11.3 Å². The van der Waals surface area contributed by atoms with Gasteiger partial charge in [0.1, 0.15) is 0 Å². The second-order valence-corrected chi connectivity index (χ2v) is 9.39. The summed E-state index contributed by atoms with van der Waals surface area (Å²) in [5, 5.41) is 15.4. The number of hydrogen-bond donors (Lipinski definition) is 2. The smallest absolute Gasteiger partial charge is 0.225 e. The van der Waals surface area contributed by atoms with E-state index in [0.717, 1.165) is 24.1 Å². The van der Waals surface area contributed by atoms with Crippen LogP contribution in [0.3, 0.4) is 0 Å². The van der Waals surface area contributed by atoms with Crippen LogP contribution in [0, 0.1) is 11.3 Å². The number of likely N-dealkylation sites (tertiary alicyclic amines) is 1. The van der Waals surface area contributed by atoms with E-state index >= 15 is 0 Å². The predicted octanol–water partition coefficient (Wildman–Crippen LogP) is 1.92. The maximum absolute atomic E-state index is 13.0. The molecule has 3 heterocycles. The Labute approximate surface area is 163 Å². The van der Waals surface area contributed by atoms with Crippen molar-refractivity contribution in [2.75, 3.05) is 26.3 Å². The molecule has 4 rings (SSSR count). The number of carbonyl (C=O) groups is 2. The second kappa shape index (κ2) is 7.53. The number of rotatable bonds is 5. The van der Waals surface area contributed by atoms with Crippen LogP contribution < -0.4 is 5.32 Å². The zero-order valence-corrected chi connectivity index (χ0v) is 16.4. The molecular weight excluding hydrogens is 364 g/mol. The quantitative estimate of drug-likeness (QED) is 0.803. The van der Waals surface area contributed by atoms with E-state index in [1.807, 2.05) is 22.4 Å². The van der Waals surface area contributed by atoms with Gasteiger partial charge < -0.3 is 20.1 Å². The SMILES string of the molecule is O=C(NCc1cccs1)C1CN(C(=O)CC2(O)CCC2)CC12CCOCC2. The Hall–Kier alpha value is -1.44. The van der Waals surface area contributed by atoms with Gasteiger partial charge in [-0.3, -0.25) is 9.59 Å². The highest BCUT2D eigenvalue weighted by Gasteiger charge is 2.52. The fourth-order valence-corrected chi connectivity index (χ4v) is 5.31. The van der Waals surface area contributed by atoms with Crippen LogP contribution in [-0.4, -0.2) is 53.7 Å². The Morgan fingerprint density at radius 1 is 1.30 bits per heavy atom. The first-order valence-corrected chi connectivity index (χ1v) is 10.8. The number of carbonyl (C=O) groups excluding carboxylic acids is 2. The van der Waals surface area contributed by atoms with Crippen molar-refractivity contribution in [1.29, 1.82) is 0 Å². The first kappa shape index (κ1) is 18.9. The molecule has 0 bridgehead atoms. The maximum Gasteiger partial charge on any atom is 0.225 e. The average Bonchev–Trinajstić information content (AvgIpc) is 3.27. The molecular formula is C20H28N2O4S. The molecule has 1 spiro atoms. The van der Waals surface area contributed by atoms with Gasteiger partial charge >= 0.3 is 0 Å². The molecule has 2 amide bonds. The maximum atomic E-state index is 13.0. The molecule has 1 aliphatic carbocycles. The van der Waals surface area contributed by atoms with E-state index in [2.05, 4.69) is 5.32 Å². The summed E-state index contributed by atoms with van der Waals surface area (Å²) in [6, 6.07) is 3.99. The summed E-state index contributed by atoms with van der Waals surface area (Å²) in [4.78, 5) is 28.7. The van der Waals surface area contributed by atoms with Crippen molar-refractivity contribution in [3.05, 3.63) is 22.4 Å². The van der Waals surface area contributed by atoms with Gasteiger partial charge in [0.2, 0.25) is 11.8 Å². The Morgan fingerprint density at radius 3 is 2.70 bits per heavy atom. The van der Waals surface area contributed by atoms with Gasteiger partial charge in [-0.2, -0.15) is 0 Å². The van der Waals surface area contributed by atoms with E-state index in [0.29, 0.717) is 45.7 Å². The zero-order chi connectivity index (χ0) is 18.9. The number of ether oxygens (including phenoxy) is 1. The largest absolute Gasteiger partial charge is 0.389 e. The molecule has 1 saturated carbocycles. The third-order valence-corrected chi connectivity index (χ3v) is 7.46. The first-order chi connectivity index (χ1) is 13.0. The monoisotopic (exact) mass is 392 g/mol. The molecule has 148 valence electrons. The van der Waals surface area contributed by atoms with E-state index in [4.69, 9.17) is 4.74 Å². The lowest BCUT2D eigenvalue weighted by Gasteiger charge is -2.38. The molecule has 6 nitrogen and oxygen atoms in total. The normalized spacial score (nSPS) is 26.0. The van der Waals surface area contributed by atoms with Crippen LogP contribution in [-0.2, 0) is 20.9 Å². The summed E-state index contributed by atoms with van der Waals surface area (Å²) < 4.78 is 5.53. The molecule has 2 N–H and O–H groups in total. The molecule has 1 unspecified atom stereocenters. The summed E-state index contributed by atoms with van der Waals surface area (Å²) in [5.74, 6) is -0.194. The number of nitrogens with one attached hydrogen (secondary N) is 1. The van der Waals surface area contributed by atoms with Gasteiger partial charge in [-0.1, -0.05) is 6.07 Å². The number of aliphatic hydroxyl groups is 1. The number of nitrogens with zero attached hydrogens (tertiary/aromatic N) is 1. The lowest BCUT2D eigenvalue weighted by atomic mass is 9.71. The van der Waals surface area contributed by atoms with Crippen LogP contribution in [0.2, 0.25) is 0 Å². The highest BCUT2D eigenvalue weighted by Crippen LogP contribution is 2.45. The van der Waals surface area contributed by atoms with Crippen LogP contribution in [0.15, 0.2) is 17.5 Å². The molecule has 2 aliphatic heterocycles. The lowest BCUT2D eigenvalue weighted by Crippen LogP contribution is -2.44. The minimum atomic E-state index is -0.820. The highest BCUT2D eigenvalue weighted by molar-refractivity contribution is 7.09. The molecule has 3 aliphatic rings. The third kappa shape index (κ3) is 3.91. The topological polar surface area (TPSA) is 78.9 Å². The van der Waals surface area contributed by atoms with Gasteiger partial charge in [0.05, 0.1) is 24.5 Å². The fraction of sp³-hybridized carbons (Fsp3) is 0.700. The van der Waals surface area contributed by atoms with E-state index in [1.165, 1.54) is 0 Å². The van der Waals surface area contributed by atoms with Gasteiger partial charge in [-0.25, -0.2) is 0 Å². The van der Waals surface area contributed by atoms with Gasteiger partial charge in [0.25, 0.3) is 0 Å². The van der Waals surface area contributed by atoms with Gasteiger partial charge in [-0.05, 0) is 43.6 Å². The molecule has 0 radical (unpaired) electrons. The first-order valence-electron chi connectivity index (χ1n) is 9.88. The van der Waals surface area contributed by atoms with Crippen molar-refractivity contribution in [1.82, 2.24) is 10.2 Å². The summed E-state index contributed by atoms with van der Waals surface area (Å²) in [6.45, 7) is 2.86. The van der Waals surface area contributed by atoms with E-state index in [9.17, 15) is 14.7 Å². The van der Waals surface area contributed by atoms with Gasteiger partial charge in [-0.15, -0.1) is 11.3 Å². The number of thiophene rings is 1. The van der Waals surface area contributed by atoms with Crippen LogP contribution in [0.1, 0.15) is 43.4 Å². The minimum Gasteiger partial charge on any atom is -0.389 e. The van der Waals surface area contributed by atoms with Crippen molar-refractivity contribution in [3.8, 4) is 0 Å². The van der Waals surface area contributed by atoms with Crippen LogP contribution in [0.5, 0.6) is 0 Å². The lowest BCUT2D eigenvalue weighted by molar-refractivity contribution is -0.140. The van der Waals surface area contributed by atoms with Gasteiger partial charge in [0.15, 0.2) is 0 Å². The Morgan fingerprint density at radius 2 is 2.07 bits per heavy atom. The highest BCUT2D eigenvalue weighted by atomic mass is 32.1. The van der Waals surface area contributed by atoms with Crippen LogP contribution in [0.25, 0.3) is 0 Å². The predicted molar refractivity (Wildman–Crippen MR) is 102 cm³/mol. The summed E-state index contributed by atoms with van der Waals surface area (Å²) in [7, 11) is 0. The number of amides is 2. The molecule has 1 aromatic heterocycles. The van der Waals surface area contributed by atoms with Crippen molar-refractivity contribution >= 4 is 23.2 Å². The second-order valence-electron chi connectivity index (χ2n) is 8.35. The van der Waals surface area contributed by atoms with Crippen molar-refractivity contribution < 1.29 is 19.4 Å². The van der Waals surface area contributed by atoms with Gasteiger partial charge in [0, 0.05) is 36.6 Å². The summed E-state index contributed by atoms with van der Waals surface area (Å²) in [5.41, 5.74) is -1.02. The zero-order valence-electron chi connectivity index (χ0n) is 15.6. The van der Waals surface area contributed by atoms with E-state index in [1.54, 1.807) is 11.3 Å². The van der Waals surface area contributed by atoms with Crippen molar-refractivity contribution in [2.24, 2.45) is 11.3 Å². The standard InChI is InChI=1S/C20H28N2O4S/c23-17(11-20(25)4-2-5-20)22-13-16(19(14-22)6-8-26-9-7-19)18(24)21-12-15-3-1-10-27-15/h1,3,10,16,25H,2,4-9,11-14H2,(H,21,24). The van der Waals surface area contributed by atoms with Crippen molar-refractivity contribution in [2.45, 2.75) is 50.7 Å². The number of hydrogen-bond acceptors (Lipinski definition) is 5. The van der Waals surface area contributed by atoms with E-state index in [-0.39, 0.29) is 29.6 Å². The fourth-order valence-electron chi connectivity index (χ4n) is 4.67. The minimum absolute atomic E-state index is 0.0170. The molecule has 7 heteroatoms. The summed E-state index contributed by atoms with van der Waals surface area (Å²) in [6.07, 6.45) is 4.19. The van der Waals surface area contributed by atoms with Crippen LogP contribution in [0.4, 0.5) is 0 Å². The molecule has 1 atom stereocenters. The Kier molecular flexibility index (Phi) is 5.27. The third-order valence-electron chi connectivity index (χ3n) is 6.59.